The Morgan fingerprint density at radius 1 is 1.33 bits per heavy atom. The SMILES string of the molecule is CC(=O)NC[C@H]1CN(c2ccc(-c3ccc(C=O)c(C)c3)c(F)c2)C(=O)O1. The lowest BCUT2D eigenvalue weighted by Gasteiger charge is -2.15. The van der Waals surface area contributed by atoms with E-state index in [4.69, 9.17) is 4.74 Å². The molecule has 3 rings (SSSR count). The molecule has 2 aromatic carbocycles. The summed E-state index contributed by atoms with van der Waals surface area (Å²) in [7, 11) is 0. The normalized spacial score (nSPS) is 16.2. The number of amides is 2. The zero-order valence-electron chi connectivity index (χ0n) is 15.0. The van der Waals surface area contributed by atoms with Crippen LogP contribution in [0.15, 0.2) is 36.4 Å². The molecule has 0 bridgehead atoms. The molecule has 0 aromatic heterocycles. The van der Waals surface area contributed by atoms with E-state index in [1.807, 2.05) is 0 Å². The largest absolute Gasteiger partial charge is 0.442 e. The minimum atomic E-state index is -0.580. The molecule has 1 heterocycles. The average molecular weight is 370 g/mol. The molecule has 6 nitrogen and oxygen atoms in total. The van der Waals surface area contributed by atoms with Crippen LogP contribution in [0.3, 0.4) is 0 Å². The van der Waals surface area contributed by atoms with Gasteiger partial charge in [0.05, 0.1) is 18.8 Å². The predicted octanol–water partition coefficient (Wildman–Crippen LogP) is 3.07. The molecule has 0 unspecified atom stereocenters. The number of aryl methyl sites for hydroxylation is 1. The summed E-state index contributed by atoms with van der Waals surface area (Å²) in [5.74, 6) is -0.695. The van der Waals surface area contributed by atoms with Gasteiger partial charge in [-0.2, -0.15) is 0 Å². The van der Waals surface area contributed by atoms with Crippen LogP contribution in [0.1, 0.15) is 22.8 Å². The molecular formula is C20H19FN2O4. The Hall–Kier alpha value is -3.22. The van der Waals surface area contributed by atoms with Gasteiger partial charge in [-0.25, -0.2) is 9.18 Å². The number of cyclic esters (lactones) is 1. The Bertz CT molecular complexity index is 913. The standard InChI is InChI=1S/C20H19FN2O4/c1-12-7-14(3-4-15(12)11-24)18-6-5-16(8-19(18)21)23-10-17(27-20(23)26)9-22-13(2)25/h3-8,11,17H,9-10H2,1-2H3,(H,22,25)/t17-/m0/s1. The highest BCUT2D eigenvalue weighted by Gasteiger charge is 2.32. The third-order valence-electron chi connectivity index (χ3n) is 4.42. The van der Waals surface area contributed by atoms with E-state index in [2.05, 4.69) is 5.32 Å². The molecule has 1 atom stereocenters. The molecule has 1 fully saturated rings. The number of carbonyl (C=O) groups is 3. The molecule has 2 amide bonds. The Kier molecular flexibility index (Phi) is 5.21. The molecule has 1 aliphatic rings. The van der Waals surface area contributed by atoms with Crippen LogP contribution in [0.4, 0.5) is 14.9 Å². The van der Waals surface area contributed by atoms with E-state index in [9.17, 15) is 18.8 Å². The first-order chi connectivity index (χ1) is 12.9. The van der Waals surface area contributed by atoms with Crippen molar-refractivity contribution in [2.45, 2.75) is 20.0 Å². The zero-order valence-corrected chi connectivity index (χ0v) is 15.0. The minimum absolute atomic E-state index is 0.209. The van der Waals surface area contributed by atoms with Crippen molar-refractivity contribution in [1.29, 1.82) is 0 Å². The molecule has 140 valence electrons. The monoisotopic (exact) mass is 370 g/mol. The zero-order chi connectivity index (χ0) is 19.6. The van der Waals surface area contributed by atoms with Crippen molar-refractivity contribution >= 4 is 24.0 Å². The highest BCUT2D eigenvalue weighted by atomic mass is 19.1. The number of hydrogen-bond donors (Lipinski definition) is 1. The van der Waals surface area contributed by atoms with Gasteiger partial charge in [0, 0.05) is 18.1 Å². The lowest BCUT2D eigenvalue weighted by molar-refractivity contribution is -0.119. The summed E-state index contributed by atoms with van der Waals surface area (Å²) in [5, 5.41) is 2.59. The minimum Gasteiger partial charge on any atom is -0.442 e. The number of anilines is 1. The van der Waals surface area contributed by atoms with E-state index in [0.717, 1.165) is 11.8 Å². The third kappa shape index (κ3) is 3.97. The summed E-state index contributed by atoms with van der Waals surface area (Å²) in [6, 6.07) is 9.59. The van der Waals surface area contributed by atoms with Gasteiger partial charge in [-0.05, 0) is 36.2 Å². The van der Waals surface area contributed by atoms with Crippen LogP contribution in [-0.4, -0.2) is 37.5 Å². The lowest BCUT2D eigenvalue weighted by Crippen LogP contribution is -2.33. The lowest BCUT2D eigenvalue weighted by atomic mass is 9.99. The smallest absolute Gasteiger partial charge is 0.414 e. The Morgan fingerprint density at radius 3 is 2.74 bits per heavy atom. The van der Waals surface area contributed by atoms with E-state index in [1.165, 1.54) is 17.9 Å². The Morgan fingerprint density at radius 2 is 2.11 bits per heavy atom. The fourth-order valence-electron chi connectivity index (χ4n) is 2.98. The number of benzene rings is 2. The number of halogens is 1. The highest BCUT2D eigenvalue weighted by molar-refractivity contribution is 5.90. The molecule has 0 aliphatic carbocycles. The van der Waals surface area contributed by atoms with Gasteiger partial charge in [-0.3, -0.25) is 14.5 Å². The van der Waals surface area contributed by atoms with E-state index in [1.54, 1.807) is 37.3 Å². The summed E-state index contributed by atoms with van der Waals surface area (Å²) < 4.78 is 19.9. The second kappa shape index (κ2) is 7.57. The third-order valence-corrected chi connectivity index (χ3v) is 4.42. The maximum Gasteiger partial charge on any atom is 0.414 e. The summed E-state index contributed by atoms with van der Waals surface area (Å²) >= 11 is 0. The van der Waals surface area contributed by atoms with Gasteiger partial charge in [0.2, 0.25) is 5.91 Å². The van der Waals surface area contributed by atoms with Gasteiger partial charge in [-0.15, -0.1) is 0 Å². The van der Waals surface area contributed by atoms with E-state index in [-0.39, 0.29) is 19.0 Å². The van der Waals surface area contributed by atoms with Crippen molar-refractivity contribution in [3.05, 3.63) is 53.3 Å². The van der Waals surface area contributed by atoms with Gasteiger partial charge in [0.1, 0.15) is 18.2 Å². The van der Waals surface area contributed by atoms with Crippen LogP contribution in [0, 0.1) is 12.7 Å². The highest BCUT2D eigenvalue weighted by Crippen LogP contribution is 2.30. The number of nitrogens with one attached hydrogen (secondary N) is 1. The van der Waals surface area contributed by atoms with E-state index in [0.29, 0.717) is 22.4 Å². The number of rotatable bonds is 5. The van der Waals surface area contributed by atoms with Gasteiger partial charge in [0.15, 0.2) is 0 Å². The average Bonchev–Trinajstić information content (AvgIpc) is 3.00. The molecular weight excluding hydrogens is 351 g/mol. The van der Waals surface area contributed by atoms with Crippen molar-refractivity contribution < 1.29 is 23.5 Å². The van der Waals surface area contributed by atoms with Crippen molar-refractivity contribution in [2.75, 3.05) is 18.0 Å². The summed E-state index contributed by atoms with van der Waals surface area (Å²) in [6.45, 7) is 3.60. The van der Waals surface area contributed by atoms with Crippen LogP contribution in [0.2, 0.25) is 0 Å². The van der Waals surface area contributed by atoms with Crippen LogP contribution in [-0.2, 0) is 9.53 Å². The van der Waals surface area contributed by atoms with Crippen molar-refractivity contribution in [1.82, 2.24) is 5.32 Å². The van der Waals surface area contributed by atoms with Crippen molar-refractivity contribution in [3.8, 4) is 11.1 Å². The maximum atomic E-state index is 14.7. The molecule has 27 heavy (non-hydrogen) atoms. The number of carbonyl (C=O) groups excluding carboxylic acids is 3. The molecule has 1 saturated heterocycles. The maximum absolute atomic E-state index is 14.7. The van der Waals surface area contributed by atoms with E-state index < -0.39 is 18.0 Å². The molecule has 2 aromatic rings. The van der Waals surface area contributed by atoms with Gasteiger partial charge in [0.25, 0.3) is 0 Å². The molecule has 7 heteroatoms. The fourth-order valence-corrected chi connectivity index (χ4v) is 2.98. The van der Waals surface area contributed by atoms with Crippen molar-refractivity contribution in [2.24, 2.45) is 0 Å². The fraction of sp³-hybridized carbons (Fsp3) is 0.250. The topological polar surface area (TPSA) is 75.7 Å². The van der Waals surface area contributed by atoms with Crippen LogP contribution >= 0.6 is 0 Å². The molecule has 1 N–H and O–H groups in total. The molecule has 1 aliphatic heterocycles. The van der Waals surface area contributed by atoms with E-state index >= 15 is 0 Å². The Labute approximate surface area is 155 Å². The summed E-state index contributed by atoms with van der Waals surface area (Å²) in [4.78, 5) is 35.3. The first-order valence-corrected chi connectivity index (χ1v) is 8.47. The number of hydrogen-bond acceptors (Lipinski definition) is 4. The van der Waals surface area contributed by atoms with Crippen LogP contribution in [0.5, 0.6) is 0 Å². The number of nitrogens with zero attached hydrogens (tertiary/aromatic N) is 1. The molecule has 0 radical (unpaired) electrons. The van der Waals surface area contributed by atoms with Crippen molar-refractivity contribution in [3.63, 3.8) is 0 Å². The molecule has 0 spiro atoms. The van der Waals surface area contributed by atoms with Gasteiger partial charge in [-0.1, -0.05) is 18.2 Å². The number of aldehydes is 1. The first-order valence-electron chi connectivity index (χ1n) is 8.47. The summed E-state index contributed by atoms with van der Waals surface area (Å²) in [5.41, 5.74) is 2.72. The quantitative estimate of drug-likeness (QED) is 0.821. The first kappa shape index (κ1) is 18.6. The van der Waals surface area contributed by atoms with Crippen LogP contribution in [0.25, 0.3) is 11.1 Å². The second-order valence-corrected chi connectivity index (χ2v) is 6.41. The van der Waals surface area contributed by atoms with Gasteiger partial charge < -0.3 is 10.1 Å². The van der Waals surface area contributed by atoms with Crippen LogP contribution < -0.4 is 10.2 Å². The van der Waals surface area contributed by atoms with Gasteiger partial charge >= 0.3 is 6.09 Å². The number of ether oxygens (including phenoxy) is 1. The Balaban J connectivity index is 1.80. The molecule has 0 saturated carbocycles. The second-order valence-electron chi connectivity index (χ2n) is 6.41. The predicted molar refractivity (Wildman–Crippen MR) is 98.3 cm³/mol. The summed E-state index contributed by atoms with van der Waals surface area (Å²) in [6.07, 6.45) is -0.305.